The number of Topliss-reactive ketones (excluding diaryl/α,β-unsaturated/α-hetero) is 1. The molecule has 5 aliphatic carbocycles. The van der Waals surface area contributed by atoms with Crippen molar-refractivity contribution >= 4 is 34.2 Å². The summed E-state index contributed by atoms with van der Waals surface area (Å²) in [6.07, 6.45) is 11.2. The molecule has 4 nitrogen and oxygen atoms in total. The van der Waals surface area contributed by atoms with E-state index in [0.29, 0.717) is 18.3 Å². The quantitative estimate of drug-likeness (QED) is 0.242. The Bertz CT molecular complexity index is 1020. The summed E-state index contributed by atoms with van der Waals surface area (Å²) in [7, 11) is -3.76. The Labute approximate surface area is 232 Å². The second-order valence-corrected chi connectivity index (χ2v) is 26.3. The zero-order valence-electron chi connectivity index (χ0n) is 25.1. The van der Waals surface area contributed by atoms with Gasteiger partial charge in [-0.25, -0.2) is 0 Å². The molecule has 4 fully saturated rings. The van der Waals surface area contributed by atoms with Gasteiger partial charge in [0.25, 0.3) is 0 Å². The Balaban J connectivity index is 1.42. The summed E-state index contributed by atoms with van der Waals surface area (Å²) in [5.41, 5.74) is 0.981. The SMILES string of the molecule is CS[C@]1(CO[Si](C)(C)C(C)(C)C)[C@H]2C=C[C@H]1[C@]1(C2)O[C@H]2C[C@H]3C(CO[Si](C)(C)C(C)(C)C)=C[C@H]2C(=O)[C@H]31. The average molecular weight is 563 g/mol. The molecule has 6 bridgehead atoms. The second-order valence-electron chi connectivity index (χ2n) is 15.5. The maximum Gasteiger partial charge on any atom is 0.192 e. The Morgan fingerprint density at radius 3 is 2.22 bits per heavy atom. The molecular formula is C30H50O4SSi2. The minimum absolute atomic E-state index is 0.0211. The van der Waals surface area contributed by atoms with E-state index < -0.39 is 22.2 Å². The van der Waals surface area contributed by atoms with Crippen LogP contribution in [0.1, 0.15) is 54.4 Å². The van der Waals surface area contributed by atoms with Gasteiger partial charge in [0.1, 0.15) is 5.78 Å². The number of carbonyl (C=O) groups excluding carboxylic acids is 1. The number of ether oxygens (including phenoxy) is 1. The van der Waals surface area contributed by atoms with E-state index in [9.17, 15) is 4.79 Å². The van der Waals surface area contributed by atoms with Crippen LogP contribution in [0.3, 0.4) is 0 Å². The van der Waals surface area contributed by atoms with E-state index in [2.05, 4.69) is 92.2 Å². The van der Waals surface area contributed by atoms with Crippen molar-refractivity contribution in [1.82, 2.24) is 0 Å². The van der Waals surface area contributed by atoms with Gasteiger partial charge >= 0.3 is 0 Å². The van der Waals surface area contributed by atoms with Crippen molar-refractivity contribution in [2.75, 3.05) is 19.5 Å². The fourth-order valence-electron chi connectivity index (χ4n) is 7.30. The molecule has 7 rings (SSSR count). The minimum Gasteiger partial charge on any atom is -0.415 e. The van der Waals surface area contributed by atoms with Crippen LogP contribution in [0.5, 0.6) is 0 Å². The highest BCUT2D eigenvalue weighted by atomic mass is 32.2. The Hall–Kier alpha value is -0.186. The number of hydrogen-bond acceptors (Lipinski definition) is 5. The van der Waals surface area contributed by atoms with E-state index in [1.54, 1.807) is 0 Å². The first-order valence-corrected chi connectivity index (χ1v) is 21.4. The van der Waals surface area contributed by atoms with Crippen LogP contribution in [0, 0.1) is 29.6 Å². The highest BCUT2D eigenvalue weighted by Gasteiger charge is 2.74. The van der Waals surface area contributed by atoms with Crippen molar-refractivity contribution in [3.05, 3.63) is 23.8 Å². The van der Waals surface area contributed by atoms with Crippen LogP contribution in [0.4, 0.5) is 0 Å². The Morgan fingerprint density at radius 1 is 1.03 bits per heavy atom. The molecule has 37 heavy (non-hydrogen) atoms. The van der Waals surface area contributed by atoms with Gasteiger partial charge in [-0.15, -0.1) is 0 Å². The predicted molar refractivity (Wildman–Crippen MR) is 159 cm³/mol. The van der Waals surface area contributed by atoms with E-state index in [-0.39, 0.29) is 44.6 Å². The molecule has 0 radical (unpaired) electrons. The van der Waals surface area contributed by atoms with Crippen LogP contribution in [0.25, 0.3) is 0 Å². The van der Waals surface area contributed by atoms with Gasteiger partial charge in [-0.05, 0) is 72.8 Å². The number of carbonyl (C=O) groups is 1. The van der Waals surface area contributed by atoms with Crippen LogP contribution in [-0.4, -0.2) is 58.3 Å². The van der Waals surface area contributed by atoms with E-state index in [1.165, 1.54) is 5.57 Å². The van der Waals surface area contributed by atoms with Gasteiger partial charge in [0.2, 0.25) is 0 Å². The number of ketones is 1. The summed E-state index contributed by atoms with van der Waals surface area (Å²) in [5.74, 6) is 1.16. The van der Waals surface area contributed by atoms with E-state index in [4.69, 9.17) is 13.6 Å². The smallest absolute Gasteiger partial charge is 0.192 e. The molecule has 1 spiro atoms. The lowest BCUT2D eigenvalue weighted by molar-refractivity contribution is -0.234. The van der Waals surface area contributed by atoms with Crippen LogP contribution >= 0.6 is 11.8 Å². The van der Waals surface area contributed by atoms with Crippen LogP contribution in [0.15, 0.2) is 23.8 Å². The van der Waals surface area contributed by atoms with Gasteiger partial charge in [0.15, 0.2) is 16.6 Å². The lowest BCUT2D eigenvalue weighted by Crippen LogP contribution is -2.68. The highest BCUT2D eigenvalue weighted by molar-refractivity contribution is 8.00. The standard InChI is InChI=1S/C30H50O4SSi2/c1-27(2,3)36(8,9)32-17-19-14-22-23-15-21(19)25(26(22)31)29(34-23)16-20-12-13-24(29)30(20,35-7)18-33-37(10,11)28(4,5)6/h12-14,20-25H,15-18H2,1-11H3/t20-,21-,22+,23-,24-,25-,29-,30+/m0/s1. The van der Waals surface area contributed by atoms with Gasteiger partial charge in [-0.2, -0.15) is 11.8 Å². The lowest BCUT2D eigenvalue weighted by Gasteiger charge is -2.61. The van der Waals surface area contributed by atoms with Crippen molar-refractivity contribution in [3.63, 3.8) is 0 Å². The molecule has 2 heterocycles. The van der Waals surface area contributed by atoms with Crippen LogP contribution in [0.2, 0.25) is 36.3 Å². The minimum atomic E-state index is -1.90. The second kappa shape index (κ2) is 8.66. The van der Waals surface area contributed by atoms with Crippen molar-refractivity contribution in [1.29, 1.82) is 0 Å². The molecule has 0 aromatic heterocycles. The van der Waals surface area contributed by atoms with E-state index in [0.717, 1.165) is 19.4 Å². The fourth-order valence-corrected chi connectivity index (χ4v) is 10.6. The summed E-state index contributed by atoms with van der Waals surface area (Å²) in [4.78, 5) is 13.9. The monoisotopic (exact) mass is 562 g/mol. The zero-order chi connectivity index (χ0) is 27.4. The molecule has 0 amide bonds. The largest absolute Gasteiger partial charge is 0.415 e. The molecule has 2 saturated carbocycles. The summed E-state index contributed by atoms with van der Waals surface area (Å²) < 4.78 is 20.6. The van der Waals surface area contributed by atoms with E-state index in [1.807, 2.05) is 11.8 Å². The number of thioether (sulfide) groups is 1. The fraction of sp³-hybridized carbons (Fsp3) is 0.833. The number of rotatable bonds is 7. The van der Waals surface area contributed by atoms with Crippen LogP contribution < -0.4 is 0 Å². The molecular weight excluding hydrogens is 513 g/mol. The molecule has 7 heteroatoms. The highest BCUT2D eigenvalue weighted by Crippen LogP contribution is 2.69. The number of allylic oxidation sites excluding steroid dienone is 1. The molecule has 2 aliphatic heterocycles. The first kappa shape index (κ1) is 28.3. The maximum atomic E-state index is 13.9. The molecule has 0 aromatic carbocycles. The first-order chi connectivity index (χ1) is 16.9. The zero-order valence-corrected chi connectivity index (χ0v) is 27.9. The summed E-state index contributed by atoms with van der Waals surface area (Å²) >= 11 is 1.95. The molecule has 0 unspecified atom stereocenters. The molecule has 7 aliphatic rings. The average Bonchev–Trinajstić information content (AvgIpc) is 3.25. The lowest BCUT2D eigenvalue weighted by atomic mass is 9.53. The number of hydrogen-bond donors (Lipinski definition) is 0. The molecule has 8 atom stereocenters. The molecule has 0 N–H and O–H groups in total. The summed E-state index contributed by atoms with van der Waals surface area (Å²) in [6, 6.07) is 0. The van der Waals surface area contributed by atoms with Crippen molar-refractivity contribution in [3.8, 4) is 0 Å². The normalized spacial score (nSPS) is 40.8. The van der Waals surface area contributed by atoms with Gasteiger partial charge < -0.3 is 13.6 Å². The molecule has 2 saturated heterocycles. The summed E-state index contributed by atoms with van der Waals surface area (Å²) in [5, 5.41) is 0.354. The maximum absolute atomic E-state index is 13.9. The van der Waals surface area contributed by atoms with Gasteiger partial charge in [-0.3, -0.25) is 4.79 Å². The summed E-state index contributed by atoms with van der Waals surface area (Å²) in [6.45, 7) is 24.6. The third-order valence-corrected chi connectivity index (χ3v) is 22.1. The Morgan fingerprint density at radius 2 is 1.65 bits per heavy atom. The third-order valence-electron chi connectivity index (χ3n) is 11.7. The Kier molecular flexibility index (Phi) is 6.63. The van der Waals surface area contributed by atoms with Crippen LogP contribution in [-0.2, 0) is 18.4 Å². The van der Waals surface area contributed by atoms with Gasteiger partial charge in [-0.1, -0.05) is 59.8 Å². The van der Waals surface area contributed by atoms with Crippen molar-refractivity contribution < 1.29 is 18.4 Å². The third kappa shape index (κ3) is 4.03. The molecule has 208 valence electrons. The molecule has 0 aromatic rings. The van der Waals surface area contributed by atoms with Crippen molar-refractivity contribution in [2.24, 2.45) is 29.6 Å². The topological polar surface area (TPSA) is 44.8 Å². The van der Waals surface area contributed by atoms with E-state index >= 15 is 0 Å². The van der Waals surface area contributed by atoms with Crippen molar-refractivity contribution in [2.45, 2.75) is 107 Å². The number of fused-ring (bicyclic) bond motifs is 2. The first-order valence-electron chi connectivity index (χ1n) is 14.3. The predicted octanol–water partition coefficient (Wildman–Crippen LogP) is 7.24. The van der Waals surface area contributed by atoms with Gasteiger partial charge in [0, 0.05) is 12.5 Å². The van der Waals surface area contributed by atoms with Gasteiger partial charge in [0.05, 0.1) is 34.9 Å².